The minimum Gasteiger partial charge on any atom is -0.342 e. The molecule has 0 saturated carbocycles. The molecule has 2 rings (SSSR count). The van der Waals surface area contributed by atoms with E-state index >= 15 is 0 Å². The smallest absolute Gasteiger partial charge is 0.248 e. The molecule has 1 heterocycles. The van der Waals surface area contributed by atoms with Crippen molar-refractivity contribution in [3.05, 3.63) is 35.1 Å². The molecule has 1 aliphatic heterocycles. The normalized spacial score (nSPS) is 22.0. The summed E-state index contributed by atoms with van der Waals surface area (Å²) in [6.07, 6.45) is 0.273. The Bertz CT molecular complexity index is 584. The number of carbonyl (C=O) groups is 2. The van der Waals surface area contributed by atoms with Gasteiger partial charge in [0.15, 0.2) is 0 Å². The van der Waals surface area contributed by atoms with Gasteiger partial charge >= 0.3 is 0 Å². The summed E-state index contributed by atoms with van der Waals surface area (Å²) >= 11 is 0. The van der Waals surface area contributed by atoms with E-state index in [1.165, 1.54) is 12.1 Å². The summed E-state index contributed by atoms with van der Waals surface area (Å²) in [6, 6.07) is 4.35. The zero-order valence-electron chi connectivity index (χ0n) is 12.9. The van der Waals surface area contributed by atoms with Crippen LogP contribution in [0.1, 0.15) is 38.3 Å². The first-order valence-electron chi connectivity index (χ1n) is 7.08. The van der Waals surface area contributed by atoms with Crippen LogP contribution in [0.5, 0.6) is 0 Å². The van der Waals surface area contributed by atoms with Crippen molar-refractivity contribution < 1.29 is 14.0 Å². The van der Waals surface area contributed by atoms with Crippen LogP contribution in [0.4, 0.5) is 4.39 Å². The van der Waals surface area contributed by atoms with Gasteiger partial charge in [0.05, 0.1) is 0 Å². The van der Waals surface area contributed by atoms with E-state index in [0.717, 1.165) is 11.1 Å². The van der Waals surface area contributed by atoms with Crippen molar-refractivity contribution in [2.75, 3.05) is 0 Å². The van der Waals surface area contributed by atoms with Crippen molar-refractivity contribution in [1.82, 2.24) is 10.2 Å². The molecule has 5 heteroatoms. The number of benzene rings is 1. The van der Waals surface area contributed by atoms with E-state index in [9.17, 15) is 14.0 Å². The first-order valence-corrected chi connectivity index (χ1v) is 7.08. The molecule has 0 aliphatic carbocycles. The number of rotatable bonds is 2. The molecule has 21 heavy (non-hydrogen) atoms. The second-order valence-electron chi connectivity index (χ2n) is 6.23. The lowest BCUT2D eigenvalue weighted by Crippen LogP contribution is -2.53. The standard InChI is InChI=1S/C16H21FN2O2/c1-10-7-13(17)6-5-12(10)9-19-11(2)8-14(20)18-16(3,4)15(19)21/h5-7,11H,8-9H2,1-4H3,(H,18,20). The van der Waals surface area contributed by atoms with Crippen molar-refractivity contribution >= 4 is 11.8 Å². The zero-order valence-corrected chi connectivity index (χ0v) is 12.9. The third kappa shape index (κ3) is 3.23. The van der Waals surface area contributed by atoms with Crippen LogP contribution in [-0.4, -0.2) is 28.3 Å². The number of carbonyl (C=O) groups excluding carboxylic acids is 2. The Morgan fingerprint density at radius 3 is 2.67 bits per heavy atom. The summed E-state index contributed by atoms with van der Waals surface area (Å²) in [5.41, 5.74) is 0.772. The lowest BCUT2D eigenvalue weighted by atomic mass is 10.0. The number of nitrogens with one attached hydrogen (secondary N) is 1. The SMILES string of the molecule is Cc1cc(F)ccc1CN1C(=O)C(C)(C)NC(=O)CC1C. The highest BCUT2D eigenvalue weighted by Gasteiger charge is 2.39. The predicted octanol–water partition coefficient (Wildman–Crippen LogP) is 2.15. The highest BCUT2D eigenvalue weighted by atomic mass is 19.1. The van der Waals surface area contributed by atoms with Gasteiger partial charge in [-0.1, -0.05) is 6.07 Å². The Labute approximate surface area is 124 Å². The number of nitrogens with zero attached hydrogens (tertiary/aromatic N) is 1. The molecule has 1 N–H and O–H groups in total. The highest BCUT2D eigenvalue weighted by molar-refractivity contribution is 5.93. The molecule has 1 aromatic rings. The average molecular weight is 292 g/mol. The van der Waals surface area contributed by atoms with Crippen LogP contribution >= 0.6 is 0 Å². The maximum atomic E-state index is 13.2. The average Bonchev–Trinajstić information content (AvgIpc) is 2.41. The molecule has 1 aromatic carbocycles. The molecule has 0 spiro atoms. The Balaban J connectivity index is 2.31. The second-order valence-corrected chi connectivity index (χ2v) is 6.23. The molecule has 0 radical (unpaired) electrons. The minimum atomic E-state index is -0.921. The molecule has 0 bridgehead atoms. The van der Waals surface area contributed by atoms with Crippen molar-refractivity contribution in [3.8, 4) is 0 Å². The maximum absolute atomic E-state index is 13.2. The van der Waals surface area contributed by atoms with Gasteiger partial charge in [-0.3, -0.25) is 9.59 Å². The molecular weight excluding hydrogens is 271 g/mol. The third-order valence-electron chi connectivity index (χ3n) is 3.91. The molecule has 1 unspecified atom stereocenters. The van der Waals surface area contributed by atoms with Gasteiger partial charge in [0.25, 0.3) is 0 Å². The molecule has 2 amide bonds. The Morgan fingerprint density at radius 1 is 1.38 bits per heavy atom. The number of aryl methyl sites for hydroxylation is 1. The molecule has 1 saturated heterocycles. The number of hydrogen-bond donors (Lipinski definition) is 1. The summed E-state index contributed by atoms with van der Waals surface area (Å²) in [5, 5.41) is 2.75. The van der Waals surface area contributed by atoms with Gasteiger partial charge in [-0.25, -0.2) is 4.39 Å². The molecule has 114 valence electrons. The van der Waals surface area contributed by atoms with Crippen molar-refractivity contribution in [3.63, 3.8) is 0 Å². The quantitative estimate of drug-likeness (QED) is 0.908. The number of amides is 2. The summed E-state index contributed by atoms with van der Waals surface area (Å²) in [7, 11) is 0. The summed E-state index contributed by atoms with van der Waals surface area (Å²) in [6.45, 7) is 7.47. The van der Waals surface area contributed by atoms with Crippen LogP contribution < -0.4 is 5.32 Å². The molecule has 0 aromatic heterocycles. The van der Waals surface area contributed by atoms with E-state index < -0.39 is 5.54 Å². The van der Waals surface area contributed by atoms with Crippen molar-refractivity contribution in [2.24, 2.45) is 0 Å². The van der Waals surface area contributed by atoms with Gasteiger partial charge in [0.1, 0.15) is 11.4 Å². The molecule has 1 atom stereocenters. The van der Waals surface area contributed by atoms with Crippen LogP contribution in [0.3, 0.4) is 0 Å². The molecule has 4 nitrogen and oxygen atoms in total. The Kier molecular flexibility index (Phi) is 4.03. The van der Waals surface area contributed by atoms with Crippen molar-refractivity contribution in [1.29, 1.82) is 0 Å². The number of hydrogen-bond acceptors (Lipinski definition) is 2. The highest BCUT2D eigenvalue weighted by Crippen LogP contribution is 2.22. The van der Waals surface area contributed by atoms with Gasteiger partial charge in [0, 0.05) is 19.0 Å². The lowest BCUT2D eigenvalue weighted by Gasteiger charge is -2.32. The van der Waals surface area contributed by atoms with Gasteiger partial charge in [-0.15, -0.1) is 0 Å². The zero-order chi connectivity index (χ0) is 15.8. The van der Waals surface area contributed by atoms with Crippen LogP contribution in [0.2, 0.25) is 0 Å². The van der Waals surface area contributed by atoms with Crippen molar-refractivity contribution in [2.45, 2.75) is 52.2 Å². The molecule has 1 fully saturated rings. The van der Waals surface area contributed by atoms with E-state index in [2.05, 4.69) is 5.32 Å². The topological polar surface area (TPSA) is 49.4 Å². The fourth-order valence-electron chi connectivity index (χ4n) is 2.64. The van der Waals surface area contributed by atoms with E-state index in [4.69, 9.17) is 0 Å². The second kappa shape index (κ2) is 5.47. The Morgan fingerprint density at radius 2 is 2.05 bits per heavy atom. The van der Waals surface area contributed by atoms with Crippen LogP contribution in [0, 0.1) is 12.7 Å². The minimum absolute atomic E-state index is 0.121. The monoisotopic (exact) mass is 292 g/mol. The van der Waals surface area contributed by atoms with Crippen LogP contribution in [0.25, 0.3) is 0 Å². The molecular formula is C16H21FN2O2. The van der Waals surface area contributed by atoms with Gasteiger partial charge < -0.3 is 10.2 Å². The van der Waals surface area contributed by atoms with E-state index in [1.54, 1.807) is 24.8 Å². The fraction of sp³-hybridized carbons (Fsp3) is 0.500. The largest absolute Gasteiger partial charge is 0.342 e. The third-order valence-corrected chi connectivity index (χ3v) is 3.91. The Hall–Kier alpha value is -1.91. The first-order chi connectivity index (χ1) is 9.70. The lowest BCUT2D eigenvalue weighted by molar-refractivity contribution is -0.139. The van der Waals surface area contributed by atoms with Gasteiger partial charge in [-0.2, -0.15) is 0 Å². The first kappa shape index (κ1) is 15.5. The summed E-state index contributed by atoms with van der Waals surface area (Å²) in [4.78, 5) is 26.2. The van der Waals surface area contributed by atoms with E-state index in [0.29, 0.717) is 6.54 Å². The van der Waals surface area contributed by atoms with Crippen LogP contribution in [-0.2, 0) is 16.1 Å². The van der Waals surface area contributed by atoms with Gasteiger partial charge in [-0.05, 0) is 51.0 Å². The van der Waals surface area contributed by atoms with E-state index in [-0.39, 0.29) is 30.1 Å². The molecule has 1 aliphatic rings. The summed E-state index contributed by atoms with van der Waals surface area (Å²) in [5.74, 6) is -0.535. The van der Waals surface area contributed by atoms with Crippen LogP contribution in [0.15, 0.2) is 18.2 Å². The fourth-order valence-corrected chi connectivity index (χ4v) is 2.64. The predicted molar refractivity (Wildman–Crippen MR) is 78.0 cm³/mol. The summed E-state index contributed by atoms with van der Waals surface area (Å²) < 4.78 is 13.2. The van der Waals surface area contributed by atoms with E-state index in [1.807, 2.05) is 13.8 Å². The maximum Gasteiger partial charge on any atom is 0.248 e. The van der Waals surface area contributed by atoms with Gasteiger partial charge in [0.2, 0.25) is 11.8 Å². The number of halogens is 1.